The van der Waals surface area contributed by atoms with Gasteiger partial charge in [-0.3, -0.25) is 19.2 Å². The van der Waals surface area contributed by atoms with Gasteiger partial charge in [0.25, 0.3) is 0 Å². The molecule has 0 saturated carbocycles. The van der Waals surface area contributed by atoms with E-state index in [-0.39, 0.29) is 23.4 Å². The Morgan fingerprint density at radius 2 is 1.21 bits per heavy atom. The van der Waals surface area contributed by atoms with Gasteiger partial charge in [0.2, 0.25) is 11.8 Å². The van der Waals surface area contributed by atoms with Gasteiger partial charge in [-0.05, 0) is 84.8 Å². The van der Waals surface area contributed by atoms with Crippen LogP contribution in [0.5, 0.6) is 0 Å². The lowest BCUT2D eigenvalue weighted by atomic mass is 9.99. The molecule has 0 spiro atoms. The summed E-state index contributed by atoms with van der Waals surface area (Å²) in [7, 11) is 0. The summed E-state index contributed by atoms with van der Waals surface area (Å²) in [6.45, 7) is 8.95. The van der Waals surface area contributed by atoms with Crippen molar-refractivity contribution in [1.29, 1.82) is 0 Å². The van der Waals surface area contributed by atoms with Crippen LogP contribution in [0.3, 0.4) is 0 Å². The molecule has 6 N–H and O–H groups in total. The number of thiophene rings is 2. The molecule has 0 saturated heterocycles. The number of amides is 2. The van der Waals surface area contributed by atoms with Gasteiger partial charge in [0.15, 0.2) is 11.6 Å². The fourth-order valence-corrected chi connectivity index (χ4v) is 6.29. The third kappa shape index (κ3) is 7.92. The van der Waals surface area contributed by atoms with E-state index in [1.54, 1.807) is 48.5 Å². The van der Waals surface area contributed by atoms with Crippen molar-refractivity contribution in [2.24, 2.45) is 0 Å². The Labute approximate surface area is 254 Å². The first-order chi connectivity index (χ1) is 20.0. The monoisotopic (exact) mass is 604 g/mol. The van der Waals surface area contributed by atoms with E-state index in [1.165, 1.54) is 36.5 Å². The lowest BCUT2D eigenvalue weighted by Crippen LogP contribution is -2.08. The number of benzene rings is 2. The van der Waals surface area contributed by atoms with E-state index in [4.69, 9.17) is 11.5 Å². The first kappa shape index (κ1) is 32.2. The van der Waals surface area contributed by atoms with Crippen LogP contribution in [0.25, 0.3) is 0 Å². The van der Waals surface area contributed by atoms with Gasteiger partial charge >= 0.3 is 0 Å². The largest absolute Gasteiger partial charge is 0.390 e. The van der Waals surface area contributed by atoms with Crippen molar-refractivity contribution < 1.29 is 19.2 Å². The minimum absolute atomic E-state index is 0.0634. The van der Waals surface area contributed by atoms with Crippen LogP contribution in [0.2, 0.25) is 0 Å². The molecule has 2 aromatic heterocycles. The summed E-state index contributed by atoms with van der Waals surface area (Å²) in [5.74, 6) is -0.414. The van der Waals surface area contributed by atoms with Crippen molar-refractivity contribution in [2.75, 3.05) is 22.1 Å². The SMILES string of the molecule is CCCc1csc(N)c1C(=O)c1ccc(NC(C)=O)cc1.CCc1sc(N)c(C(=O)c2ccc(NC(C)=O)cc2)c1C. The number of ketones is 2. The normalized spacial score (nSPS) is 10.4. The summed E-state index contributed by atoms with van der Waals surface area (Å²) in [5.41, 5.74) is 17.6. The van der Waals surface area contributed by atoms with E-state index in [1.807, 2.05) is 12.3 Å². The van der Waals surface area contributed by atoms with Gasteiger partial charge < -0.3 is 22.1 Å². The molecule has 2 amide bonds. The van der Waals surface area contributed by atoms with Crippen LogP contribution in [-0.2, 0) is 22.4 Å². The summed E-state index contributed by atoms with van der Waals surface area (Å²) in [6, 6.07) is 13.7. The van der Waals surface area contributed by atoms with Crippen LogP contribution < -0.4 is 22.1 Å². The molecule has 0 aliphatic heterocycles. The zero-order valence-electron chi connectivity index (χ0n) is 24.4. The highest BCUT2D eigenvalue weighted by atomic mass is 32.1. The number of carbonyl (C=O) groups is 4. The Bertz CT molecular complexity index is 1590. The van der Waals surface area contributed by atoms with E-state index in [2.05, 4.69) is 24.5 Å². The Morgan fingerprint density at radius 1 is 0.738 bits per heavy atom. The highest BCUT2D eigenvalue weighted by Crippen LogP contribution is 2.33. The van der Waals surface area contributed by atoms with Gasteiger partial charge in [-0.2, -0.15) is 0 Å². The van der Waals surface area contributed by atoms with Crippen LogP contribution in [0, 0.1) is 6.92 Å². The lowest BCUT2D eigenvalue weighted by Gasteiger charge is -2.06. The zero-order valence-corrected chi connectivity index (χ0v) is 26.1. The minimum atomic E-state index is -0.139. The molecule has 0 radical (unpaired) electrons. The van der Waals surface area contributed by atoms with Crippen LogP contribution in [0.1, 0.15) is 82.0 Å². The average Bonchev–Trinajstić information content (AvgIpc) is 3.45. The van der Waals surface area contributed by atoms with Crippen molar-refractivity contribution in [3.63, 3.8) is 0 Å². The molecule has 4 aromatic rings. The number of aryl methyl sites for hydroxylation is 2. The molecular weight excluding hydrogens is 569 g/mol. The predicted octanol–water partition coefficient (Wildman–Crippen LogP) is 6.86. The van der Waals surface area contributed by atoms with Gasteiger partial charge in [-0.15, -0.1) is 22.7 Å². The maximum Gasteiger partial charge on any atom is 0.221 e. The zero-order chi connectivity index (χ0) is 31.0. The minimum Gasteiger partial charge on any atom is -0.390 e. The molecular formula is C32H36N4O4S2. The Hall–Kier alpha value is -4.28. The third-order valence-electron chi connectivity index (χ3n) is 6.40. The number of hydrogen-bond donors (Lipinski definition) is 4. The molecule has 0 atom stereocenters. The van der Waals surface area contributed by atoms with Crippen molar-refractivity contribution in [2.45, 2.75) is 53.9 Å². The van der Waals surface area contributed by atoms with Gasteiger partial charge in [-0.1, -0.05) is 20.3 Å². The van der Waals surface area contributed by atoms with E-state index in [0.29, 0.717) is 43.6 Å². The maximum atomic E-state index is 12.6. The quantitative estimate of drug-likeness (QED) is 0.154. The third-order valence-corrected chi connectivity index (χ3v) is 8.52. The van der Waals surface area contributed by atoms with Crippen LogP contribution >= 0.6 is 22.7 Å². The maximum absolute atomic E-state index is 12.6. The fraction of sp³-hybridized carbons (Fsp3) is 0.250. The van der Waals surface area contributed by atoms with Gasteiger partial charge in [0, 0.05) is 41.2 Å². The first-order valence-corrected chi connectivity index (χ1v) is 15.2. The topological polar surface area (TPSA) is 144 Å². The summed E-state index contributed by atoms with van der Waals surface area (Å²) in [6.07, 6.45) is 2.69. The molecule has 0 aliphatic carbocycles. The molecule has 2 aromatic carbocycles. The van der Waals surface area contributed by atoms with Crippen LogP contribution in [0.4, 0.5) is 21.4 Å². The second-order valence-corrected chi connectivity index (χ2v) is 11.7. The van der Waals surface area contributed by atoms with Crippen molar-refractivity contribution >= 4 is 67.4 Å². The second kappa shape index (κ2) is 14.6. The molecule has 8 nitrogen and oxygen atoms in total. The van der Waals surface area contributed by atoms with Crippen LogP contribution in [-0.4, -0.2) is 23.4 Å². The smallest absolute Gasteiger partial charge is 0.221 e. The number of rotatable bonds is 9. The molecule has 42 heavy (non-hydrogen) atoms. The van der Waals surface area contributed by atoms with Crippen molar-refractivity contribution in [3.8, 4) is 0 Å². The van der Waals surface area contributed by atoms with E-state index < -0.39 is 0 Å². The predicted molar refractivity (Wildman–Crippen MR) is 174 cm³/mol. The standard InChI is InChI=1S/2C16H18N2O2S/c1-4-13-9(2)14(16(17)21-13)15(20)11-5-7-12(8-6-11)18-10(3)19;1-3-4-12-9-21-16(17)14(12)15(20)11-5-7-13(8-6-11)18-10(2)19/h5-8H,4,17H2,1-3H3,(H,18,19);5-9H,3-4,17H2,1-2H3,(H,18,19). The van der Waals surface area contributed by atoms with Gasteiger partial charge in [0.05, 0.1) is 21.1 Å². The van der Waals surface area contributed by atoms with Crippen molar-refractivity contribution in [3.05, 3.63) is 92.2 Å². The molecule has 2 heterocycles. The summed E-state index contributed by atoms with van der Waals surface area (Å²) >= 11 is 2.88. The molecule has 0 unspecified atom stereocenters. The summed E-state index contributed by atoms with van der Waals surface area (Å²) < 4.78 is 0. The molecule has 220 valence electrons. The van der Waals surface area contributed by atoms with E-state index in [0.717, 1.165) is 35.3 Å². The highest BCUT2D eigenvalue weighted by molar-refractivity contribution is 7.16. The number of hydrogen-bond acceptors (Lipinski definition) is 8. The molecule has 4 rings (SSSR count). The average molecular weight is 605 g/mol. The Balaban J connectivity index is 0.000000230. The molecule has 10 heteroatoms. The fourth-order valence-electron chi connectivity index (χ4n) is 4.43. The van der Waals surface area contributed by atoms with E-state index >= 15 is 0 Å². The van der Waals surface area contributed by atoms with Crippen molar-refractivity contribution in [1.82, 2.24) is 0 Å². The summed E-state index contributed by atoms with van der Waals surface area (Å²) in [5, 5.41) is 8.44. The molecule has 0 bridgehead atoms. The lowest BCUT2D eigenvalue weighted by molar-refractivity contribution is -0.115. The Kier molecular flexibility index (Phi) is 11.2. The molecule has 0 aliphatic rings. The second-order valence-electron chi connectivity index (χ2n) is 9.67. The molecule has 0 fully saturated rings. The number of nitrogens with one attached hydrogen (secondary N) is 2. The van der Waals surface area contributed by atoms with Crippen LogP contribution in [0.15, 0.2) is 53.9 Å². The Morgan fingerprint density at radius 3 is 1.62 bits per heavy atom. The van der Waals surface area contributed by atoms with Gasteiger partial charge in [0.1, 0.15) is 0 Å². The van der Waals surface area contributed by atoms with E-state index in [9.17, 15) is 19.2 Å². The number of anilines is 4. The highest BCUT2D eigenvalue weighted by Gasteiger charge is 2.20. The number of nitrogen functional groups attached to an aromatic ring is 2. The summed E-state index contributed by atoms with van der Waals surface area (Å²) in [4.78, 5) is 48.3. The first-order valence-electron chi connectivity index (χ1n) is 13.5. The number of nitrogens with two attached hydrogens (primary N) is 2. The van der Waals surface area contributed by atoms with Gasteiger partial charge in [-0.25, -0.2) is 0 Å². The number of carbonyl (C=O) groups excluding carboxylic acids is 4.